The molecule has 0 fully saturated rings. The fourth-order valence-electron chi connectivity index (χ4n) is 4.05. The molecule has 1 amide bonds. The van der Waals surface area contributed by atoms with Gasteiger partial charge in [0.05, 0.1) is 10.6 Å². The van der Waals surface area contributed by atoms with E-state index in [4.69, 9.17) is 16.1 Å². The predicted octanol–water partition coefficient (Wildman–Crippen LogP) is 6.41. The molecule has 180 valence electrons. The van der Waals surface area contributed by atoms with Gasteiger partial charge in [0, 0.05) is 6.42 Å². The molecular weight excluding hydrogens is 481 g/mol. The van der Waals surface area contributed by atoms with Gasteiger partial charge >= 0.3 is 0 Å². The zero-order valence-electron chi connectivity index (χ0n) is 19.2. The number of aryl methyl sites for hydroxylation is 1. The number of nitrogens with zero attached hydrogens (tertiary/aromatic N) is 2. The molecule has 1 atom stereocenters. The molecule has 0 saturated carbocycles. The van der Waals surface area contributed by atoms with Crippen LogP contribution in [0.5, 0.6) is 5.75 Å². The van der Waals surface area contributed by atoms with E-state index in [1.54, 1.807) is 31.2 Å². The van der Waals surface area contributed by atoms with Gasteiger partial charge in [-0.25, -0.2) is 4.39 Å². The number of halogens is 2. The van der Waals surface area contributed by atoms with E-state index in [2.05, 4.69) is 15.5 Å². The lowest BCUT2D eigenvalue weighted by Gasteiger charge is -2.16. The molecule has 5 rings (SSSR count). The van der Waals surface area contributed by atoms with Gasteiger partial charge in [-0.2, -0.15) is 4.98 Å². The number of phenols is 1. The lowest BCUT2D eigenvalue weighted by Crippen LogP contribution is -2.30. The zero-order chi connectivity index (χ0) is 25.2. The number of hydrogen-bond donors (Lipinski definition) is 2. The van der Waals surface area contributed by atoms with E-state index in [0.717, 1.165) is 27.5 Å². The Morgan fingerprint density at radius 1 is 1.03 bits per heavy atom. The van der Waals surface area contributed by atoms with Gasteiger partial charge in [-0.3, -0.25) is 4.79 Å². The number of carbonyl (C=O) groups excluding carboxylic acids is 1. The molecule has 1 heterocycles. The summed E-state index contributed by atoms with van der Waals surface area (Å²) in [5, 5.41) is 19.0. The molecule has 0 aliphatic heterocycles. The Morgan fingerprint density at radius 2 is 1.72 bits per heavy atom. The van der Waals surface area contributed by atoms with Crippen LogP contribution in [-0.2, 0) is 6.42 Å². The Labute approximate surface area is 211 Å². The first-order valence-electron chi connectivity index (χ1n) is 11.2. The van der Waals surface area contributed by atoms with E-state index >= 15 is 0 Å². The van der Waals surface area contributed by atoms with Crippen molar-refractivity contribution in [3.05, 3.63) is 113 Å². The summed E-state index contributed by atoms with van der Waals surface area (Å²) < 4.78 is 18.9. The Hall–Kier alpha value is -4.23. The number of phenolic OH excluding ortho intramolecular Hbond substituents is 1. The summed E-state index contributed by atoms with van der Waals surface area (Å²) in [5.74, 6) is -0.342. The van der Waals surface area contributed by atoms with E-state index in [1.165, 1.54) is 6.07 Å². The summed E-state index contributed by atoms with van der Waals surface area (Å²) in [4.78, 5) is 17.5. The van der Waals surface area contributed by atoms with E-state index in [0.29, 0.717) is 12.2 Å². The quantitative estimate of drug-likeness (QED) is 0.280. The molecule has 0 bridgehead atoms. The van der Waals surface area contributed by atoms with Gasteiger partial charge in [-0.05, 0) is 58.7 Å². The highest BCUT2D eigenvalue weighted by Crippen LogP contribution is 2.28. The number of fused-ring (bicyclic) bond motifs is 1. The molecule has 1 unspecified atom stereocenters. The molecule has 0 aliphatic rings. The molecule has 36 heavy (non-hydrogen) atoms. The number of benzene rings is 4. The maximum Gasteiger partial charge on any atom is 0.255 e. The van der Waals surface area contributed by atoms with Crippen LogP contribution in [0.25, 0.3) is 21.9 Å². The van der Waals surface area contributed by atoms with Crippen molar-refractivity contribution in [1.29, 1.82) is 0 Å². The van der Waals surface area contributed by atoms with Crippen molar-refractivity contribution in [2.45, 2.75) is 19.4 Å². The minimum atomic E-state index is -0.629. The van der Waals surface area contributed by atoms with Crippen molar-refractivity contribution in [2.75, 3.05) is 0 Å². The molecule has 0 spiro atoms. The minimum absolute atomic E-state index is 0.0584. The first-order valence-corrected chi connectivity index (χ1v) is 11.6. The standard InChI is InChI=1S/C28H21ClFN3O3/c1-16-31-28(36-33-16)25(32-27(35)22-13-19-4-2-3-5-20(19)15-26(22)34)12-17-6-8-18(9-7-17)21-10-11-24(30)23(29)14-21/h2-11,13-15,25,34H,12H2,1H3,(H,32,35). The Morgan fingerprint density at radius 3 is 2.39 bits per heavy atom. The largest absolute Gasteiger partial charge is 0.507 e. The number of nitrogens with one attached hydrogen (secondary N) is 1. The second-order valence-electron chi connectivity index (χ2n) is 8.45. The highest BCUT2D eigenvalue weighted by Gasteiger charge is 2.23. The minimum Gasteiger partial charge on any atom is -0.507 e. The SMILES string of the molecule is Cc1noc(C(Cc2ccc(-c3ccc(F)c(Cl)c3)cc2)NC(=O)c2cc3ccccc3cc2O)n1. The van der Waals surface area contributed by atoms with Crippen LogP contribution in [0.1, 0.15) is 33.7 Å². The fraction of sp³-hybridized carbons (Fsp3) is 0.107. The predicted molar refractivity (Wildman–Crippen MR) is 135 cm³/mol. The molecule has 1 aromatic heterocycles. The molecule has 6 nitrogen and oxygen atoms in total. The Kier molecular flexibility index (Phi) is 6.40. The number of aromatic nitrogens is 2. The third-order valence-electron chi connectivity index (χ3n) is 5.90. The van der Waals surface area contributed by atoms with Crippen molar-refractivity contribution >= 4 is 28.3 Å². The van der Waals surface area contributed by atoms with E-state index in [1.807, 2.05) is 48.5 Å². The zero-order valence-corrected chi connectivity index (χ0v) is 20.0. The van der Waals surface area contributed by atoms with Gasteiger partial charge in [0.25, 0.3) is 5.91 Å². The highest BCUT2D eigenvalue weighted by molar-refractivity contribution is 6.31. The van der Waals surface area contributed by atoms with E-state index in [9.17, 15) is 14.3 Å². The maximum absolute atomic E-state index is 13.5. The van der Waals surface area contributed by atoms with Crippen molar-refractivity contribution in [3.8, 4) is 16.9 Å². The van der Waals surface area contributed by atoms with Crippen molar-refractivity contribution in [2.24, 2.45) is 0 Å². The van der Waals surface area contributed by atoms with Crippen LogP contribution < -0.4 is 5.32 Å². The lowest BCUT2D eigenvalue weighted by molar-refractivity contribution is 0.0925. The van der Waals surface area contributed by atoms with Crippen LogP contribution in [-0.4, -0.2) is 21.2 Å². The number of hydrogen-bond acceptors (Lipinski definition) is 5. The van der Waals surface area contributed by atoms with Crippen LogP contribution >= 0.6 is 11.6 Å². The molecule has 4 aromatic carbocycles. The van der Waals surface area contributed by atoms with Crippen LogP contribution in [0.3, 0.4) is 0 Å². The normalized spacial score (nSPS) is 12.0. The lowest BCUT2D eigenvalue weighted by atomic mass is 10.00. The second-order valence-corrected chi connectivity index (χ2v) is 8.86. The van der Waals surface area contributed by atoms with Crippen molar-refractivity contribution in [1.82, 2.24) is 15.5 Å². The summed E-state index contributed by atoms with van der Waals surface area (Å²) in [6.45, 7) is 1.70. The molecule has 8 heteroatoms. The summed E-state index contributed by atoms with van der Waals surface area (Å²) in [6.07, 6.45) is 0.367. The Bertz CT molecular complexity index is 1570. The molecular formula is C28H21ClFN3O3. The number of amides is 1. The average molecular weight is 502 g/mol. The van der Waals surface area contributed by atoms with E-state index < -0.39 is 17.8 Å². The fourth-order valence-corrected chi connectivity index (χ4v) is 4.23. The summed E-state index contributed by atoms with van der Waals surface area (Å²) in [7, 11) is 0. The third kappa shape index (κ3) is 4.92. The third-order valence-corrected chi connectivity index (χ3v) is 6.19. The second kappa shape index (κ2) is 9.79. The number of rotatable bonds is 6. The summed E-state index contributed by atoms with van der Waals surface area (Å²) in [5.41, 5.74) is 2.71. The van der Waals surface area contributed by atoms with Crippen LogP contribution in [0.2, 0.25) is 5.02 Å². The number of carbonyl (C=O) groups is 1. The smallest absolute Gasteiger partial charge is 0.255 e. The Balaban J connectivity index is 1.40. The molecule has 0 aliphatic carbocycles. The van der Waals surface area contributed by atoms with Gasteiger partial charge in [0.15, 0.2) is 5.82 Å². The van der Waals surface area contributed by atoms with Gasteiger partial charge in [0.2, 0.25) is 5.89 Å². The molecule has 5 aromatic rings. The van der Waals surface area contributed by atoms with Gasteiger partial charge in [0.1, 0.15) is 17.6 Å². The topological polar surface area (TPSA) is 88.2 Å². The first kappa shape index (κ1) is 23.5. The summed E-state index contributed by atoms with van der Waals surface area (Å²) >= 11 is 5.92. The monoisotopic (exact) mass is 501 g/mol. The van der Waals surface area contributed by atoms with Gasteiger partial charge in [-0.15, -0.1) is 0 Å². The van der Waals surface area contributed by atoms with Crippen molar-refractivity contribution < 1.29 is 18.8 Å². The molecule has 2 N–H and O–H groups in total. The van der Waals surface area contributed by atoms with Gasteiger partial charge in [-0.1, -0.05) is 71.4 Å². The van der Waals surface area contributed by atoms with Crippen LogP contribution in [0.15, 0.2) is 83.4 Å². The average Bonchev–Trinajstić information content (AvgIpc) is 3.31. The number of aromatic hydroxyl groups is 1. The first-order chi connectivity index (χ1) is 17.4. The highest BCUT2D eigenvalue weighted by atomic mass is 35.5. The van der Waals surface area contributed by atoms with E-state index in [-0.39, 0.29) is 22.2 Å². The molecule has 0 radical (unpaired) electrons. The van der Waals surface area contributed by atoms with Crippen molar-refractivity contribution in [3.63, 3.8) is 0 Å². The van der Waals surface area contributed by atoms with Gasteiger partial charge < -0.3 is 14.9 Å². The van der Waals surface area contributed by atoms with Crippen LogP contribution in [0, 0.1) is 12.7 Å². The molecule has 0 saturated heterocycles. The van der Waals surface area contributed by atoms with Crippen LogP contribution in [0.4, 0.5) is 4.39 Å². The maximum atomic E-state index is 13.5. The summed E-state index contributed by atoms with van der Waals surface area (Å²) in [6, 6.07) is 22.2.